The predicted molar refractivity (Wildman–Crippen MR) is 64.0 cm³/mol. The molecule has 16 heavy (non-hydrogen) atoms. The lowest BCUT2D eigenvalue weighted by Gasteiger charge is -2.02. The fourth-order valence-electron chi connectivity index (χ4n) is 1.30. The molecular formula is C10H13N5S. The van der Waals surface area contributed by atoms with Crippen LogP contribution in [0.25, 0.3) is 0 Å². The Morgan fingerprint density at radius 2 is 2.19 bits per heavy atom. The van der Waals surface area contributed by atoms with Gasteiger partial charge in [0.05, 0.1) is 0 Å². The fourth-order valence-corrected chi connectivity index (χ4v) is 2.14. The summed E-state index contributed by atoms with van der Waals surface area (Å²) in [6, 6.07) is 2.11. The predicted octanol–water partition coefficient (Wildman–Crippen LogP) is 1.39. The van der Waals surface area contributed by atoms with Crippen molar-refractivity contribution in [1.29, 1.82) is 0 Å². The molecule has 0 radical (unpaired) electrons. The van der Waals surface area contributed by atoms with Crippen molar-refractivity contribution in [2.45, 2.75) is 17.8 Å². The number of rotatable bonds is 3. The molecule has 0 fully saturated rings. The molecular weight excluding hydrogens is 222 g/mol. The van der Waals surface area contributed by atoms with E-state index in [1.807, 2.05) is 26.4 Å². The molecule has 84 valence electrons. The summed E-state index contributed by atoms with van der Waals surface area (Å²) in [7, 11) is 1.85. The van der Waals surface area contributed by atoms with Crippen molar-refractivity contribution >= 4 is 17.7 Å². The summed E-state index contributed by atoms with van der Waals surface area (Å²) in [5.41, 5.74) is 7.93. The third-order valence-electron chi connectivity index (χ3n) is 2.17. The summed E-state index contributed by atoms with van der Waals surface area (Å²) in [4.78, 5) is 4.14. The van der Waals surface area contributed by atoms with E-state index in [0.29, 0.717) is 5.95 Å². The molecule has 0 saturated carbocycles. The molecule has 0 unspecified atom stereocenters. The lowest BCUT2D eigenvalue weighted by Crippen LogP contribution is -1.98. The van der Waals surface area contributed by atoms with Crippen LogP contribution in [0.3, 0.4) is 0 Å². The zero-order valence-electron chi connectivity index (χ0n) is 9.21. The molecule has 0 aliphatic heterocycles. The number of hydrogen-bond acceptors (Lipinski definition) is 5. The van der Waals surface area contributed by atoms with Crippen molar-refractivity contribution in [3.05, 3.63) is 29.6 Å². The first-order valence-electron chi connectivity index (χ1n) is 4.85. The van der Waals surface area contributed by atoms with Gasteiger partial charge in [0.25, 0.3) is 0 Å². The highest BCUT2D eigenvalue weighted by atomic mass is 32.2. The number of hydrogen-bond donors (Lipinski definition) is 1. The number of anilines is 1. The van der Waals surface area contributed by atoms with Crippen molar-refractivity contribution < 1.29 is 0 Å². The monoisotopic (exact) mass is 235 g/mol. The molecule has 6 heteroatoms. The zero-order valence-corrected chi connectivity index (χ0v) is 10.0. The highest BCUT2D eigenvalue weighted by molar-refractivity contribution is 7.98. The first kappa shape index (κ1) is 10.9. The molecule has 2 rings (SSSR count). The molecule has 0 spiro atoms. The second-order valence-corrected chi connectivity index (χ2v) is 4.50. The molecule has 0 aliphatic carbocycles. The van der Waals surface area contributed by atoms with Crippen LogP contribution in [0.1, 0.15) is 11.1 Å². The third kappa shape index (κ3) is 2.33. The van der Waals surface area contributed by atoms with Crippen LogP contribution in [-0.4, -0.2) is 19.7 Å². The number of aromatic nitrogens is 4. The molecule has 0 amide bonds. The van der Waals surface area contributed by atoms with Gasteiger partial charge in [-0.2, -0.15) is 0 Å². The van der Waals surface area contributed by atoms with E-state index in [2.05, 4.69) is 21.2 Å². The van der Waals surface area contributed by atoms with E-state index in [-0.39, 0.29) is 0 Å². The first-order valence-corrected chi connectivity index (χ1v) is 5.83. The smallest absolute Gasteiger partial charge is 0.222 e. The van der Waals surface area contributed by atoms with Crippen molar-refractivity contribution in [2.75, 3.05) is 5.73 Å². The Balaban J connectivity index is 2.05. The van der Waals surface area contributed by atoms with Crippen LogP contribution in [-0.2, 0) is 12.8 Å². The van der Waals surface area contributed by atoms with Gasteiger partial charge < -0.3 is 5.73 Å². The fraction of sp³-hybridized carbons (Fsp3) is 0.300. The van der Waals surface area contributed by atoms with Crippen molar-refractivity contribution in [3.63, 3.8) is 0 Å². The third-order valence-corrected chi connectivity index (χ3v) is 3.26. The van der Waals surface area contributed by atoms with Crippen LogP contribution >= 0.6 is 11.8 Å². The molecule has 5 nitrogen and oxygen atoms in total. The molecule has 0 saturated heterocycles. The number of thioether (sulfide) groups is 1. The van der Waals surface area contributed by atoms with Crippen molar-refractivity contribution in [1.82, 2.24) is 19.7 Å². The van der Waals surface area contributed by atoms with E-state index < -0.39 is 0 Å². The maximum atomic E-state index is 5.60. The van der Waals surface area contributed by atoms with E-state index in [9.17, 15) is 0 Å². The zero-order chi connectivity index (χ0) is 11.5. The molecule has 0 aromatic carbocycles. The van der Waals surface area contributed by atoms with E-state index in [1.165, 1.54) is 5.56 Å². The Morgan fingerprint density at radius 3 is 2.81 bits per heavy atom. The van der Waals surface area contributed by atoms with Gasteiger partial charge in [-0.3, -0.25) is 9.55 Å². The minimum atomic E-state index is 0.435. The average molecular weight is 235 g/mol. The Hall–Kier alpha value is -1.56. The maximum absolute atomic E-state index is 5.60. The number of nitrogen functional groups attached to an aromatic ring is 1. The second kappa shape index (κ2) is 4.52. The Kier molecular flexibility index (Phi) is 3.09. The number of aryl methyl sites for hydroxylation is 1. The second-order valence-electron chi connectivity index (χ2n) is 3.56. The molecule has 2 aromatic rings. The number of pyridine rings is 1. The van der Waals surface area contributed by atoms with Gasteiger partial charge in [-0.15, -0.1) is 10.2 Å². The Labute approximate surface area is 98.1 Å². The standard InChI is InChI=1S/C10H13N5S/c1-7-3-8(5-12-4-7)6-16-10-14-13-9(11)15(10)2/h3-5H,6H2,1-2H3,(H2,11,13). The van der Waals surface area contributed by atoms with E-state index >= 15 is 0 Å². The normalized spacial score (nSPS) is 10.6. The molecule has 0 atom stereocenters. The van der Waals surface area contributed by atoms with Gasteiger partial charge in [-0.25, -0.2) is 0 Å². The maximum Gasteiger partial charge on any atom is 0.222 e. The Morgan fingerprint density at radius 1 is 1.38 bits per heavy atom. The van der Waals surface area contributed by atoms with Gasteiger partial charge in [-0.05, 0) is 18.1 Å². The lowest BCUT2D eigenvalue weighted by molar-refractivity contribution is 0.796. The summed E-state index contributed by atoms with van der Waals surface area (Å²) in [5, 5.41) is 8.60. The molecule has 2 N–H and O–H groups in total. The lowest BCUT2D eigenvalue weighted by atomic mass is 10.2. The van der Waals surface area contributed by atoms with Gasteiger partial charge in [0.2, 0.25) is 5.95 Å². The van der Waals surface area contributed by atoms with Crippen LogP contribution in [0.15, 0.2) is 23.6 Å². The van der Waals surface area contributed by atoms with Gasteiger partial charge in [0.15, 0.2) is 5.16 Å². The average Bonchev–Trinajstić information content (AvgIpc) is 2.57. The highest BCUT2D eigenvalue weighted by Crippen LogP contribution is 2.21. The van der Waals surface area contributed by atoms with Crippen molar-refractivity contribution in [3.8, 4) is 0 Å². The summed E-state index contributed by atoms with van der Waals surface area (Å²) in [5.74, 6) is 1.26. The summed E-state index contributed by atoms with van der Waals surface area (Å²) < 4.78 is 1.77. The van der Waals surface area contributed by atoms with Crippen LogP contribution < -0.4 is 5.73 Å². The van der Waals surface area contributed by atoms with Crippen molar-refractivity contribution in [2.24, 2.45) is 7.05 Å². The van der Waals surface area contributed by atoms with Crippen LogP contribution in [0.4, 0.5) is 5.95 Å². The summed E-state index contributed by atoms with van der Waals surface area (Å²) >= 11 is 1.60. The van der Waals surface area contributed by atoms with Crippen LogP contribution in [0.5, 0.6) is 0 Å². The minimum Gasteiger partial charge on any atom is -0.368 e. The van der Waals surface area contributed by atoms with E-state index in [0.717, 1.165) is 16.5 Å². The topological polar surface area (TPSA) is 69.6 Å². The molecule has 2 heterocycles. The van der Waals surface area contributed by atoms with Gasteiger partial charge in [0, 0.05) is 25.2 Å². The molecule has 0 aliphatic rings. The quantitative estimate of drug-likeness (QED) is 0.814. The number of nitrogens with zero attached hydrogens (tertiary/aromatic N) is 4. The minimum absolute atomic E-state index is 0.435. The molecule has 0 bridgehead atoms. The Bertz CT molecular complexity index is 494. The van der Waals surface area contributed by atoms with E-state index in [4.69, 9.17) is 5.73 Å². The molecule has 2 aromatic heterocycles. The number of nitrogens with two attached hydrogens (primary N) is 1. The summed E-state index contributed by atoms with van der Waals surface area (Å²) in [6.45, 7) is 2.03. The van der Waals surface area contributed by atoms with Crippen LogP contribution in [0.2, 0.25) is 0 Å². The van der Waals surface area contributed by atoms with E-state index in [1.54, 1.807) is 16.3 Å². The van der Waals surface area contributed by atoms with Gasteiger partial charge in [0.1, 0.15) is 0 Å². The SMILES string of the molecule is Cc1cncc(CSc2nnc(N)n2C)c1. The largest absolute Gasteiger partial charge is 0.368 e. The van der Waals surface area contributed by atoms with Crippen LogP contribution in [0, 0.1) is 6.92 Å². The summed E-state index contributed by atoms with van der Waals surface area (Å²) in [6.07, 6.45) is 3.70. The van der Waals surface area contributed by atoms with Gasteiger partial charge >= 0.3 is 0 Å². The highest BCUT2D eigenvalue weighted by Gasteiger charge is 2.06. The van der Waals surface area contributed by atoms with Gasteiger partial charge in [-0.1, -0.05) is 17.8 Å². The first-order chi connectivity index (χ1) is 7.66.